The van der Waals surface area contributed by atoms with Gasteiger partial charge in [-0.15, -0.1) is 9.36 Å². The fourth-order valence-electron chi connectivity index (χ4n) is 8.49. The number of nitrogens with zero attached hydrogens (tertiary/aromatic N) is 2. The average molecular weight is 548 g/mol. The van der Waals surface area contributed by atoms with Crippen LogP contribution in [0, 0.1) is 34.5 Å². The molecule has 40 heavy (non-hydrogen) atoms. The number of hydrogen-bond donors (Lipinski definition) is 3. The summed E-state index contributed by atoms with van der Waals surface area (Å²) < 4.78 is 9.59. The molecule has 8 nitrogen and oxygen atoms in total. The lowest BCUT2D eigenvalue weighted by atomic mass is 9.59. The number of esters is 1. The van der Waals surface area contributed by atoms with Gasteiger partial charge in [0.05, 0.1) is 24.6 Å². The third-order valence-corrected chi connectivity index (χ3v) is 10.8. The van der Waals surface area contributed by atoms with Gasteiger partial charge in [0.15, 0.2) is 30.2 Å². The number of fused-ring (bicyclic) bond motifs is 3. The first-order valence-corrected chi connectivity index (χ1v) is 14.1. The molecular weight excluding hydrogens is 508 g/mol. The molecule has 0 aliphatic heterocycles. The molecular formula is C32H39N2O6+. The number of rotatable bonds is 4. The minimum Gasteiger partial charge on any atom is -0.450 e. The van der Waals surface area contributed by atoms with Gasteiger partial charge in [0.25, 0.3) is 0 Å². The molecule has 212 valence electrons. The van der Waals surface area contributed by atoms with Crippen molar-refractivity contribution >= 4 is 11.8 Å². The van der Waals surface area contributed by atoms with E-state index in [1.807, 2.05) is 50.5 Å². The highest BCUT2D eigenvalue weighted by Crippen LogP contribution is 2.71. The predicted molar refractivity (Wildman–Crippen MR) is 147 cm³/mol. The van der Waals surface area contributed by atoms with E-state index in [1.165, 1.54) is 0 Å². The number of ketones is 1. The Balaban J connectivity index is 1.46. The summed E-state index contributed by atoms with van der Waals surface area (Å²) in [4.78, 5) is 28.5. The molecule has 0 unspecified atom stereocenters. The van der Waals surface area contributed by atoms with E-state index in [9.17, 15) is 24.9 Å². The smallest absolute Gasteiger partial charge is 0.362 e. The molecule has 6 rings (SSSR count). The van der Waals surface area contributed by atoms with Crippen molar-refractivity contribution in [3.05, 3.63) is 65.5 Å². The maximum Gasteiger partial charge on any atom is 0.362 e. The lowest BCUT2D eigenvalue weighted by Gasteiger charge is -2.48. The Morgan fingerprint density at radius 2 is 1.90 bits per heavy atom. The van der Waals surface area contributed by atoms with Gasteiger partial charge in [-0.1, -0.05) is 63.3 Å². The minimum absolute atomic E-state index is 0.0558. The third kappa shape index (κ3) is 3.27. The quantitative estimate of drug-likeness (QED) is 0.308. The summed E-state index contributed by atoms with van der Waals surface area (Å²) in [5.41, 5.74) is -1.21. The molecule has 0 radical (unpaired) electrons. The molecule has 4 aliphatic carbocycles. The van der Waals surface area contributed by atoms with Gasteiger partial charge in [-0.2, -0.15) is 0 Å². The largest absolute Gasteiger partial charge is 0.450 e. The van der Waals surface area contributed by atoms with Crippen molar-refractivity contribution in [2.24, 2.45) is 48.6 Å². The lowest BCUT2D eigenvalue weighted by molar-refractivity contribution is -0.751. The molecule has 4 aliphatic rings. The first-order valence-electron chi connectivity index (χ1n) is 14.1. The van der Waals surface area contributed by atoms with Crippen LogP contribution in [0.1, 0.15) is 44.6 Å². The number of benzene rings is 1. The van der Waals surface area contributed by atoms with Gasteiger partial charge in [-0.25, -0.2) is 4.79 Å². The maximum atomic E-state index is 14.6. The van der Waals surface area contributed by atoms with Gasteiger partial charge in [-0.05, 0) is 53.2 Å². The van der Waals surface area contributed by atoms with Crippen LogP contribution in [0.2, 0.25) is 0 Å². The molecule has 1 aromatic heterocycles. The van der Waals surface area contributed by atoms with Crippen LogP contribution in [0.15, 0.2) is 59.8 Å². The van der Waals surface area contributed by atoms with Crippen molar-refractivity contribution in [2.75, 3.05) is 6.61 Å². The summed E-state index contributed by atoms with van der Waals surface area (Å²) in [7, 11) is 3.57. The van der Waals surface area contributed by atoms with E-state index in [0.717, 1.165) is 5.56 Å². The highest BCUT2D eigenvalue weighted by Gasteiger charge is 2.76. The van der Waals surface area contributed by atoms with E-state index >= 15 is 0 Å². The lowest BCUT2D eigenvalue weighted by Crippen LogP contribution is -2.65. The summed E-state index contributed by atoms with van der Waals surface area (Å²) in [6, 6.07) is 9.48. The summed E-state index contributed by atoms with van der Waals surface area (Å²) in [5.74, 6) is -1.38. The Kier molecular flexibility index (Phi) is 5.91. The number of carbonyl (C=O) groups is 2. The summed E-state index contributed by atoms with van der Waals surface area (Å²) >= 11 is 0. The van der Waals surface area contributed by atoms with Crippen LogP contribution in [0.5, 0.6) is 0 Å². The second-order valence-corrected chi connectivity index (χ2v) is 13.0. The highest BCUT2D eigenvalue weighted by molar-refractivity contribution is 5.97. The zero-order valence-corrected chi connectivity index (χ0v) is 24.0. The van der Waals surface area contributed by atoms with Crippen LogP contribution in [0.25, 0.3) is 11.1 Å². The molecule has 3 N–H and O–H groups in total. The number of allylic oxidation sites excluding steroid dienone is 1. The van der Waals surface area contributed by atoms with Crippen LogP contribution in [0.4, 0.5) is 0 Å². The fraction of sp³-hybridized carbons (Fsp3) is 0.531. The zero-order valence-electron chi connectivity index (χ0n) is 24.0. The highest BCUT2D eigenvalue weighted by atomic mass is 16.6. The van der Waals surface area contributed by atoms with Crippen molar-refractivity contribution in [1.29, 1.82) is 0 Å². The Bertz CT molecular complexity index is 1470. The summed E-state index contributed by atoms with van der Waals surface area (Å²) in [6.07, 6.45) is 3.08. The maximum absolute atomic E-state index is 14.6. The van der Waals surface area contributed by atoms with Gasteiger partial charge in [0, 0.05) is 5.92 Å². The Labute approximate surface area is 234 Å². The SMILES string of the molecule is CC1=C[C@]23C(=O)[C@@H](C=C(CO)[C@@H](O)[C@]2(O)[C@H]1OC(=O)c1c(-c2ccccc2)c[n+](C)n1C)[C@H]1[C@@H](C[C@H]3C)C1(C)C. The van der Waals surface area contributed by atoms with E-state index in [2.05, 4.69) is 13.8 Å². The van der Waals surface area contributed by atoms with Gasteiger partial charge in [0.2, 0.25) is 6.20 Å². The minimum atomic E-state index is -2.17. The average Bonchev–Trinajstić information content (AvgIpc) is 3.24. The molecule has 0 amide bonds. The van der Waals surface area contributed by atoms with Gasteiger partial charge >= 0.3 is 5.97 Å². The van der Waals surface area contributed by atoms with Crippen LogP contribution in [-0.4, -0.2) is 56.2 Å². The molecule has 8 heteroatoms. The van der Waals surface area contributed by atoms with E-state index in [-0.39, 0.29) is 40.2 Å². The van der Waals surface area contributed by atoms with E-state index in [4.69, 9.17) is 4.74 Å². The topological polar surface area (TPSA) is 113 Å². The molecule has 1 spiro atoms. The van der Waals surface area contributed by atoms with Crippen LogP contribution < -0.4 is 4.68 Å². The molecule has 2 aromatic rings. The first-order chi connectivity index (χ1) is 18.8. The summed E-state index contributed by atoms with van der Waals surface area (Å²) in [6.45, 7) is 7.49. The number of ether oxygens (including phenoxy) is 1. The number of carbonyl (C=O) groups excluding carboxylic acids is 2. The van der Waals surface area contributed by atoms with Crippen LogP contribution in [0.3, 0.4) is 0 Å². The summed E-state index contributed by atoms with van der Waals surface area (Å²) in [5, 5.41) is 34.8. The normalized spacial score (nSPS) is 37.5. The second-order valence-electron chi connectivity index (χ2n) is 13.0. The van der Waals surface area contributed by atoms with E-state index in [0.29, 0.717) is 17.6 Å². The number of Topliss-reactive ketones (excluding diaryl/α,β-unsaturated/α-hetero) is 1. The van der Waals surface area contributed by atoms with Crippen molar-refractivity contribution in [3.8, 4) is 11.1 Å². The standard InChI is InChI=1S/C32H39N2O6/c1-17-14-31-18(2)12-23-24(30(23,3)4)21(27(31)37)13-20(16-35)26(36)32(31,39)28(17)40-29(38)25-22(15-33(5)34(25)6)19-10-8-7-9-11-19/h7-11,13-15,18,21,23-24,26,28,35-36,39H,12,16H2,1-6H3/q+1/t18-,21+,23-,24+,26-,28+,31+,32+/m1/s1. The van der Waals surface area contributed by atoms with Gasteiger partial charge < -0.3 is 20.1 Å². The third-order valence-electron chi connectivity index (χ3n) is 10.8. The number of aromatic nitrogens is 2. The zero-order chi connectivity index (χ0) is 28.9. The Morgan fingerprint density at radius 1 is 1.23 bits per heavy atom. The second kappa shape index (κ2) is 8.71. The van der Waals surface area contributed by atoms with E-state index < -0.39 is 41.7 Å². The van der Waals surface area contributed by atoms with Gasteiger partial charge in [0.1, 0.15) is 6.10 Å². The van der Waals surface area contributed by atoms with E-state index in [1.54, 1.807) is 35.5 Å². The van der Waals surface area contributed by atoms with Crippen LogP contribution >= 0.6 is 0 Å². The molecule has 1 heterocycles. The Hall–Kier alpha value is -3.07. The molecule has 0 saturated heterocycles. The molecule has 2 bridgehead atoms. The molecule has 2 fully saturated rings. The predicted octanol–water partition coefficient (Wildman–Crippen LogP) is 2.51. The van der Waals surface area contributed by atoms with Crippen molar-refractivity contribution in [2.45, 2.75) is 51.9 Å². The first kappa shape index (κ1) is 27.1. The molecule has 8 atom stereocenters. The van der Waals surface area contributed by atoms with Crippen LogP contribution in [-0.2, 0) is 23.6 Å². The number of aliphatic hydroxyl groups excluding tert-OH is 2. The number of hydrogen-bond acceptors (Lipinski definition) is 6. The van der Waals surface area contributed by atoms with Crippen molar-refractivity contribution in [3.63, 3.8) is 0 Å². The fourth-order valence-corrected chi connectivity index (χ4v) is 8.49. The molecule has 1 aromatic carbocycles. The van der Waals surface area contributed by atoms with Gasteiger partial charge in [-0.3, -0.25) is 4.79 Å². The van der Waals surface area contributed by atoms with Crippen molar-refractivity contribution < 1.29 is 34.3 Å². The number of aryl methyl sites for hydroxylation is 1. The molecule has 2 saturated carbocycles. The van der Waals surface area contributed by atoms with Crippen molar-refractivity contribution in [1.82, 2.24) is 4.68 Å². The number of aliphatic hydroxyl groups is 3. The monoisotopic (exact) mass is 547 g/mol. The Morgan fingerprint density at radius 3 is 2.55 bits per heavy atom.